The van der Waals surface area contributed by atoms with Crippen molar-refractivity contribution in [2.75, 3.05) is 0 Å². The molecule has 0 unspecified atom stereocenters. The molecule has 2 aromatic rings. The molecule has 0 bridgehead atoms. The van der Waals surface area contributed by atoms with Crippen LogP contribution >= 0.6 is 0 Å². The highest BCUT2D eigenvalue weighted by atomic mass is 19.1. The molecule has 2 rings (SSSR count). The molecule has 1 aromatic carbocycles. The van der Waals surface area contributed by atoms with Crippen LogP contribution in [0.5, 0.6) is 0 Å². The molecule has 98 valence electrons. The molecule has 0 aliphatic carbocycles. The third kappa shape index (κ3) is 2.59. The first-order chi connectivity index (χ1) is 9.15. The van der Waals surface area contributed by atoms with E-state index in [9.17, 15) is 14.5 Å². The third-order valence-electron chi connectivity index (χ3n) is 2.86. The predicted molar refractivity (Wildman–Crippen MR) is 70.3 cm³/mol. The molecule has 0 fully saturated rings. The van der Waals surface area contributed by atoms with Crippen molar-refractivity contribution in [1.82, 2.24) is 4.98 Å². The van der Waals surface area contributed by atoms with Crippen LogP contribution in [-0.2, 0) is 6.42 Å². The highest BCUT2D eigenvalue weighted by Crippen LogP contribution is 2.32. The topological polar surface area (TPSA) is 56.0 Å². The van der Waals surface area contributed by atoms with E-state index in [4.69, 9.17) is 0 Å². The normalized spacial score (nSPS) is 10.4. The SMILES string of the molecule is CCCc1c([N+](=O)[O-])ccc(F)c1-c1ccccn1. The van der Waals surface area contributed by atoms with Gasteiger partial charge in [0.25, 0.3) is 5.69 Å². The number of nitrogens with zero attached hydrogens (tertiary/aromatic N) is 2. The van der Waals surface area contributed by atoms with Gasteiger partial charge in [-0.1, -0.05) is 19.4 Å². The molecule has 0 radical (unpaired) electrons. The summed E-state index contributed by atoms with van der Waals surface area (Å²) in [5.41, 5.74) is 1.01. The predicted octanol–water partition coefficient (Wildman–Crippen LogP) is 3.75. The quantitative estimate of drug-likeness (QED) is 0.621. The highest BCUT2D eigenvalue weighted by molar-refractivity contribution is 5.69. The first kappa shape index (κ1) is 13.1. The maximum atomic E-state index is 14.0. The zero-order valence-electron chi connectivity index (χ0n) is 10.5. The standard InChI is InChI=1S/C14H13FN2O2/c1-2-5-10-13(17(18)19)8-7-11(15)14(10)12-6-3-4-9-16-12/h3-4,6-9H,2,5H2,1H3. The largest absolute Gasteiger partial charge is 0.273 e. The molecular formula is C14H13FN2O2. The van der Waals surface area contributed by atoms with Crippen LogP contribution in [0.4, 0.5) is 10.1 Å². The van der Waals surface area contributed by atoms with Crippen LogP contribution < -0.4 is 0 Å². The number of nitro benzene ring substituents is 1. The zero-order chi connectivity index (χ0) is 13.8. The van der Waals surface area contributed by atoms with Crippen LogP contribution in [0.25, 0.3) is 11.3 Å². The molecule has 0 spiro atoms. The van der Waals surface area contributed by atoms with Crippen LogP contribution in [0.2, 0.25) is 0 Å². The average molecular weight is 260 g/mol. The van der Waals surface area contributed by atoms with Gasteiger partial charge in [0.1, 0.15) is 5.82 Å². The molecule has 0 saturated heterocycles. The van der Waals surface area contributed by atoms with Crippen molar-refractivity contribution in [2.24, 2.45) is 0 Å². The Morgan fingerprint density at radius 1 is 1.32 bits per heavy atom. The van der Waals surface area contributed by atoms with E-state index in [-0.39, 0.29) is 11.3 Å². The highest BCUT2D eigenvalue weighted by Gasteiger charge is 2.21. The summed E-state index contributed by atoms with van der Waals surface area (Å²) in [6, 6.07) is 7.45. The number of hydrogen-bond donors (Lipinski definition) is 0. The molecule has 1 aromatic heterocycles. The van der Waals surface area contributed by atoms with E-state index in [1.165, 1.54) is 6.07 Å². The lowest BCUT2D eigenvalue weighted by molar-refractivity contribution is -0.385. The summed E-state index contributed by atoms with van der Waals surface area (Å²) in [6.45, 7) is 1.90. The molecule has 0 amide bonds. The van der Waals surface area contributed by atoms with E-state index in [1.54, 1.807) is 24.4 Å². The van der Waals surface area contributed by atoms with E-state index in [1.807, 2.05) is 6.92 Å². The molecule has 0 saturated carbocycles. The summed E-state index contributed by atoms with van der Waals surface area (Å²) in [7, 11) is 0. The number of nitro groups is 1. The number of benzene rings is 1. The lowest BCUT2D eigenvalue weighted by Crippen LogP contribution is -2.01. The lowest BCUT2D eigenvalue weighted by Gasteiger charge is -2.10. The fourth-order valence-electron chi connectivity index (χ4n) is 2.07. The van der Waals surface area contributed by atoms with Crippen LogP contribution in [0.3, 0.4) is 0 Å². The van der Waals surface area contributed by atoms with Crippen LogP contribution in [-0.4, -0.2) is 9.91 Å². The second kappa shape index (κ2) is 5.56. The van der Waals surface area contributed by atoms with Gasteiger partial charge in [0.15, 0.2) is 0 Å². The minimum Gasteiger partial charge on any atom is -0.258 e. The Hall–Kier alpha value is -2.30. The molecule has 1 heterocycles. The maximum absolute atomic E-state index is 14.0. The minimum atomic E-state index is -0.479. The van der Waals surface area contributed by atoms with Crippen LogP contribution in [0.1, 0.15) is 18.9 Å². The lowest BCUT2D eigenvalue weighted by atomic mass is 9.97. The summed E-state index contributed by atoms with van der Waals surface area (Å²) in [6.07, 6.45) is 2.69. The fraction of sp³-hybridized carbons (Fsp3) is 0.214. The number of rotatable bonds is 4. The summed E-state index contributed by atoms with van der Waals surface area (Å²) in [5.74, 6) is -0.479. The van der Waals surface area contributed by atoms with Gasteiger partial charge in [0, 0.05) is 23.4 Å². The van der Waals surface area contributed by atoms with Crippen LogP contribution in [0.15, 0.2) is 36.5 Å². The number of aromatic nitrogens is 1. The summed E-state index contributed by atoms with van der Waals surface area (Å²) in [4.78, 5) is 14.7. The summed E-state index contributed by atoms with van der Waals surface area (Å²) < 4.78 is 14.0. The monoisotopic (exact) mass is 260 g/mol. The van der Waals surface area contributed by atoms with Gasteiger partial charge in [0.05, 0.1) is 10.6 Å². The maximum Gasteiger partial charge on any atom is 0.273 e. The van der Waals surface area contributed by atoms with Gasteiger partial charge in [0.2, 0.25) is 0 Å². The fourth-order valence-corrected chi connectivity index (χ4v) is 2.07. The van der Waals surface area contributed by atoms with Gasteiger partial charge >= 0.3 is 0 Å². The molecule has 0 aliphatic heterocycles. The molecule has 5 heteroatoms. The third-order valence-corrected chi connectivity index (χ3v) is 2.86. The average Bonchev–Trinajstić information content (AvgIpc) is 2.40. The molecule has 0 N–H and O–H groups in total. The van der Waals surface area contributed by atoms with Gasteiger partial charge in [-0.15, -0.1) is 0 Å². The Morgan fingerprint density at radius 3 is 2.68 bits per heavy atom. The van der Waals surface area contributed by atoms with Gasteiger partial charge in [-0.2, -0.15) is 0 Å². The van der Waals surface area contributed by atoms with Gasteiger partial charge in [-0.3, -0.25) is 15.1 Å². The van der Waals surface area contributed by atoms with Crippen molar-refractivity contribution in [3.05, 3.63) is 58.0 Å². The van der Waals surface area contributed by atoms with Crippen molar-refractivity contribution in [3.8, 4) is 11.3 Å². The number of halogens is 1. The van der Waals surface area contributed by atoms with Crippen molar-refractivity contribution in [3.63, 3.8) is 0 Å². The van der Waals surface area contributed by atoms with E-state index >= 15 is 0 Å². The van der Waals surface area contributed by atoms with Crippen molar-refractivity contribution in [1.29, 1.82) is 0 Å². The van der Waals surface area contributed by atoms with Gasteiger partial charge < -0.3 is 0 Å². The molecule has 0 atom stereocenters. The van der Waals surface area contributed by atoms with E-state index in [0.29, 0.717) is 24.1 Å². The smallest absolute Gasteiger partial charge is 0.258 e. The van der Waals surface area contributed by atoms with Gasteiger partial charge in [-0.25, -0.2) is 4.39 Å². The first-order valence-corrected chi connectivity index (χ1v) is 6.02. The number of hydrogen-bond acceptors (Lipinski definition) is 3. The Morgan fingerprint density at radius 2 is 2.11 bits per heavy atom. The van der Waals surface area contributed by atoms with E-state index in [0.717, 1.165) is 6.07 Å². The zero-order valence-corrected chi connectivity index (χ0v) is 10.5. The second-order valence-corrected chi connectivity index (χ2v) is 4.14. The van der Waals surface area contributed by atoms with Crippen molar-refractivity contribution < 1.29 is 9.31 Å². The summed E-state index contributed by atoms with van der Waals surface area (Å²) >= 11 is 0. The Bertz CT molecular complexity index is 600. The van der Waals surface area contributed by atoms with Crippen molar-refractivity contribution in [2.45, 2.75) is 19.8 Å². The number of pyridine rings is 1. The van der Waals surface area contributed by atoms with Crippen molar-refractivity contribution >= 4 is 5.69 Å². The van der Waals surface area contributed by atoms with Crippen LogP contribution in [0, 0.1) is 15.9 Å². The second-order valence-electron chi connectivity index (χ2n) is 4.14. The Balaban J connectivity index is 2.70. The molecule has 0 aliphatic rings. The molecule has 19 heavy (non-hydrogen) atoms. The van der Waals surface area contributed by atoms with E-state index < -0.39 is 10.7 Å². The van der Waals surface area contributed by atoms with E-state index in [2.05, 4.69) is 4.98 Å². The minimum absolute atomic E-state index is 0.0519. The Kier molecular flexibility index (Phi) is 3.85. The molecular weight excluding hydrogens is 247 g/mol. The summed E-state index contributed by atoms with van der Waals surface area (Å²) in [5, 5.41) is 11.1. The Labute approximate surface area is 110 Å². The molecule has 4 nitrogen and oxygen atoms in total. The first-order valence-electron chi connectivity index (χ1n) is 6.02. The van der Waals surface area contributed by atoms with Gasteiger partial charge in [-0.05, 0) is 24.6 Å².